The minimum Gasteiger partial charge on any atom is -0.508 e. The zero-order valence-corrected chi connectivity index (χ0v) is 9.12. The van der Waals surface area contributed by atoms with Crippen molar-refractivity contribution in [3.63, 3.8) is 0 Å². The summed E-state index contributed by atoms with van der Waals surface area (Å²) in [7, 11) is 0. The molecule has 0 fully saturated rings. The van der Waals surface area contributed by atoms with Gasteiger partial charge in [-0.25, -0.2) is 0 Å². The molecule has 0 bridgehead atoms. The third-order valence-corrected chi connectivity index (χ3v) is 3.05. The summed E-state index contributed by atoms with van der Waals surface area (Å²) < 4.78 is 0. The minimum absolute atomic E-state index is 0.114. The molecule has 0 aromatic heterocycles. The summed E-state index contributed by atoms with van der Waals surface area (Å²) in [5.41, 5.74) is 1.73. The molecular formula is C12H17NO2. The molecule has 1 aromatic carbocycles. The van der Waals surface area contributed by atoms with Crippen molar-refractivity contribution in [3.8, 4) is 11.5 Å². The molecular weight excluding hydrogens is 190 g/mol. The SMILES string of the molecule is CCCC1NC(C)c2c(O)ccc(O)c21. The Balaban J connectivity index is 2.49. The molecule has 3 N–H and O–H groups in total. The molecule has 3 heteroatoms. The van der Waals surface area contributed by atoms with E-state index in [0.29, 0.717) is 0 Å². The molecule has 3 nitrogen and oxygen atoms in total. The molecule has 15 heavy (non-hydrogen) atoms. The van der Waals surface area contributed by atoms with E-state index in [0.717, 1.165) is 24.0 Å². The first-order chi connectivity index (χ1) is 7.15. The van der Waals surface area contributed by atoms with Crippen LogP contribution in [0.1, 0.15) is 49.9 Å². The van der Waals surface area contributed by atoms with Crippen LogP contribution in [0.4, 0.5) is 0 Å². The topological polar surface area (TPSA) is 52.5 Å². The van der Waals surface area contributed by atoms with Crippen LogP contribution in [0.3, 0.4) is 0 Å². The van der Waals surface area contributed by atoms with Crippen LogP contribution < -0.4 is 5.32 Å². The third kappa shape index (κ3) is 1.57. The fourth-order valence-corrected chi connectivity index (χ4v) is 2.42. The molecule has 0 radical (unpaired) electrons. The van der Waals surface area contributed by atoms with Gasteiger partial charge in [-0.3, -0.25) is 0 Å². The molecule has 1 aliphatic rings. The highest BCUT2D eigenvalue weighted by Crippen LogP contribution is 2.44. The van der Waals surface area contributed by atoms with Gasteiger partial charge in [-0.2, -0.15) is 0 Å². The van der Waals surface area contributed by atoms with Crippen molar-refractivity contribution in [1.29, 1.82) is 0 Å². The maximum Gasteiger partial charge on any atom is 0.120 e. The summed E-state index contributed by atoms with van der Waals surface area (Å²) in [6.45, 7) is 4.12. The number of nitrogens with one attached hydrogen (secondary N) is 1. The molecule has 0 amide bonds. The second kappa shape index (κ2) is 3.74. The van der Waals surface area contributed by atoms with Crippen LogP contribution in [0.15, 0.2) is 12.1 Å². The van der Waals surface area contributed by atoms with Crippen LogP contribution >= 0.6 is 0 Å². The first-order valence-electron chi connectivity index (χ1n) is 5.46. The highest BCUT2D eigenvalue weighted by Gasteiger charge is 2.31. The predicted octanol–water partition coefficient (Wildman–Crippen LogP) is 2.60. The highest BCUT2D eigenvalue weighted by molar-refractivity contribution is 5.53. The van der Waals surface area contributed by atoms with Crippen molar-refractivity contribution in [3.05, 3.63) is 23.3 Å². The molecule has 1 aromatic rings. The predicted molar refractivity (Wildman–Crippen MR) is 59.0 cm³/mol. The lowest BCUT2D eigenvalue weighted by Gasteiger charge is -2.12. The van der Waals surface area contributed by atoms with E-state index in [9.17, 15) is 10.2 Å². The lowest BCUT2D eigenvalue weighted by atomic mass is 9.98. The highest BCUT2D eigenvalue weighted by atomic mass is 16.3. The Hall–Kier alpha value is -1.22. The second-order valence-electron chi connectivity index (χ2n) is 4.16. The smallest absolute Gasteiger partial charge is 0.120 e. The number of hydrogen-bond acceptors (Lipinski definition) is 3. The Labute approximate surface area is 89.8 Å². The number of phenolic OH excluding ortho intramolecular Hbond substituents is 2. The van der Waals surface area contributed by atoms with Crippen LogP contribution in [-0.2, 0) is 0 Å². The Morgan fingerprint density at radius 3 is 2.40 bits per heavy atom. The monoisotopic (exact) mass is 207 g/mol. The van der Waals surface area contributed by atoms with Crippen molar-refractivity contribution in [2.75, 3.05) is 0 Å². The van der Waals surface area contributed by atoms with Crippen LogP contribution in [-0.4, -0.2) is 10.2 Å². The van der Waals surface area contributed by atoms with Gasteiger partial charge in [0.05, 0.1) is 0 Å². The summed E-state index contributed by atoms with van der Waals surface area (Å²) in [6, 6.07) is 3.41. The average molecular weight is 207 g/mol. The van der Waals surface area contributed by atoms with E-state index in [-0.39, 0.29) is 23.6 Å². The van der Waals surface area contributed by atoms with E-state index in [1.807, 2.05) is 6.92 Å². The van der Waals surface area contributed by atoms with Crippen LogP contribution in [0.5, 0.6) is 11.5 Å². The second-order valence-corrected chi connectivity index (χ2v) is 4.16. The van der Waals surface area contributed by atoms with Crippen LogP contribution in [0.25, 0.3) is 0 Å². The van der Waals surface area contributed by atoms with E-state index in [4.69, 9.17) is 0 Å². The Kier molecular flexibility index (Phi) is 2.57. The van der Waals surface area contributed by atoms with E-state index < -0.39 is 0 Å². The van der Waals surface area contributed by atoms with Gasteiger partial charge >= 0.3 is 0 Å². The molecule has 2 rings (SSSR count). The standard InChI is InChI=1S/C12H17NO2/c1-3-4-8-12-10(15)6-5-9(14)11(12)7(2)13-8/h5-8,13-15H,3-4H2,1-2H3. The summed E-state index contributed by atoms with van der Waals surface area (Å²) in [6.07, 6.45) is 2.03. The lowest BCUT2D eigenvalue weighted by Crippen LogP contribution is -2.14. The van der Waals surface area contributed by atoms with E-state index >= 15 is 0 Å². The molecule has 1 aliphatic heterocycles. The van der Waals surface area contributed by atoms with E-state index in [1.165, 1.54) is 0 Å². The van der Waals surface area contributed by atoms with Gasteiger partial charge in [-0.1, -0.05) is 13.3 Å². The molecule has 1 heterocycles. The van der Waals surface area contributed by atoms with E-state index in [2.05, 4.69) is 12.2 Å². The Bertz CT molecular complexity index is 376. The van der Waals surface area contributed by atoms with Gasteiger partial charge in [0.1, 0.15) is 11.5 Å². The molecule has 2 atom stereocenters. The molecule has 0 saturated carbocycles. The molecule has 82 valence electrons. The van der Waals surface area contributed by atoms with Gasteiger partial charge < -0.3 is 15.5 Å². The molecule has 0 saturated heterocycles. The van der Waals surface area contributed by atoms with Crippen molar-refractivity contribution >= 4 is 0 Å². The fraction of sp³-hybridized carbons (Fsp3) is 0.500. The lowest BCUT2D eigenvalue weighted by molar-refractivity contribution is 0.443. The maximum atomic E-state index is 9.82. The number of phenols is 2. The Morgan fingerprint density at radius 2 is 1.80 bits per heavy atom. The summed E-state index contributed by atoms with van der Waals surface area (Å²) in [4.78, 5) is 0. The van der Waals surface area contributed by atoms with Crippen molar-refractivity contribution < 1.29 is 10.2 Å². The number of hydrogen-bond donors (Lipinski definition) is 3. The molecule has 0 spiro atoms. The minimum atomic E-state index is 0.114. The van der Waals surface area contributed by atoms with Gasteiger partial charge in [-0.15, -0.1) is 0 Å². The normalized spacial score (nSPS) is 24.1. The van der Waals surface area contributed by atoms with Gasteiger partial charge in [0.2, 0.25) is 0 Å². The molecule has 2 unspecified atom stereocenters. The largest absolute Gasteiger partial charge is 0.508 e. The van der Waals surface area contributed by atoms with Gasteiger partial charge in [0.15, 0.2) is 0 Å². The quantitative estimate of drug-likeness (QED) is 0.653. The van der Waals surface area contributed by atoms with Gasteiger partial charge in [0, 0.05) is 23.2 Å². The summed E-state index contributed by atoms with van der Waals surface area (Å²) in [5, 5.41) is 23.0. The zero-order valence-electron chi connectivity index (χ0n) is 9.12. The van der Waals surface area contributed by atoms with Crippen LogP contribution in [0.2, 0.25) is 0 Å². The fourth-order valence-electron chi connectivity index (χ4n) is 2.42. The van der Waals surface area contributed by atoms with Crippen molar-refractivity contribution in [1.82, 2.24) is 5.32 Å². The van der Waals surface area contributed by atoms with Crippen molar-refractivity contribution in [2.45, 2.75) is 38.8 Å². The summed E-state index contributed by atoms with van der Waals surface area (Å²) >= 11 is 0. The number of aromatic hydroxyl groups is 2. The zero-order chi connectivity index (χ0) is 11.0. The molecule has 0 aliphatic carbocycles. The third-order valence-electron chi connectivity index (χ3n) is 3.05. The van der Waals surface area contributed by atoms with Gasteiger partial charge in [0.25, 0.3) is 0 Å². The summed E-state index contributed by atoms with van der Waals surface area (Å²) in [5.74, 6) is 0.569. The van der Waals surface area contributed by atoms with Crippen molar-refractivity contribution in [2.24, 2.45) is 0 Å². The Morgan fingerprint density at radius 1 is 1.20 bits per heavy atom. The van der Waals surface area contributed by atoms with Crippen LogP contribution in [0, 0.1) is 0 Å². The maximum absolute atomic E-state index is 9.82. The first kappa shape index (κ1) is 10.3. The first-order valence-corrected chi connectivity index (χ1v) is 5.46. The number of fused-ring (bicyclic) bond motifs is 1. The number of benzene rings is 1. The average Bonchev–Trinajstić information content (AvgIpc) is 2.51. The van der Waals surface area contributed by atoms with E-state index in [1.54, 1.807) is 12.1 Å². The van der Waals surface area contributed by atoms with Gasteiger partial charge in [-0.05, 0) is 25.5 Å². The number of rotatable bonds is 2.